The van der Waals surface area contributed by atoms with Gasteiger partial charge in [0.2, 0.25) is 5.89 Å². The van der Waals surface area contributed by atoms with E-state index < -0.39 is 0 Å². The number of carbonyl (C=O) groups excluding carboxylic acids is 1. The van der Waals surface area contributed by atoms with Crippen molar-refractivity contribution in [1.82, 2.24) is 10.3 Å². The summed E-state index contributed by atoms with van der Waals surface area (Å²) in [6.45, 7) is 3.85. The van der Waals surface area contributed by atoms with Gasteiger partial charge in [-0.3, -0.25) is 10.1 Å². The van der Waals surface area contributed by atoms with Crippen LogP contribution in [-0.2, 0) is 6.42 Å². The third kappa shape index (κ3) is 4.76. The zero-order chi connectivity index (χ0) is 22.8. The van der Waals surface area contributed by atoms with Gasteiger partial charge in [0, 0.05) is 14.8 Å². The number of thiocarbonyl (C=S) groups is 1. The number of aryl methyl sites for hydroxylation is 2. The third-order valence-electron chi connectivity index (χ3n) is 4.96. The van der Waals surface area contributed by atoms with Gasteiger partial charge in [-0.1, -0.05) is 19.1 Å². The van der Waals surface area contributed by atoms with Gasteiger partial charge in [0.05, 0.1) is 5.56 Å². The molecule has 0 saturated heterocycles. The minimum atomic E-state index is -0.303. The molecule has 0 saturated carbocycles. The molecule has 0 fully saturated rings. The molecule has 0 atom stereocenters. The molecule has 1 aromatic heterocycles. The molecule has 0 radical (unpaired) electrons. The topological polar surface area (TPSA) is 87.4 Å². The van der Waals surface area contributed by atoms with Crippen molar-refractivity contribution in [2.24, 2.45) is 0 Å². The Balaban J connectivity index is 1.58. The van der Waals surface area contributed by atoms with Crippen LogP contribution in [0, 0.1) is 10.5 Å². The summed E-state index contributed by atoms with van der Waals surface area (Å²) in [5.74, 6) is 0.0837. The molecule has 162 valence electrons. The second-order valence-electron chi connectivity index (χ2n) is 7.28. The van der Waals surface area contributed by atoms with Crippen molar-refractivity contribution in [3.63, 3.8) is 0 Å². The highest BCUT2D eigenvalue weighted by molar-refractivity contribution is 14.1. The first kappa shape index (κ1) is 22.2. The van der Waals surface area contributed by atoms with E-state index in [-0.39, 0.29) is 16.8 Å². The van der Waals surface area contributed by atoms with Crippen molar-refractivity contribution in [2.45, 2.75) is 20.3 Å². The Morgan fingerprint density at radius 2 is 2.00 bits per heavy atom. The van der Waals surface area contributed by atoms with Crippen LogP contribution >= 0.6 is 34.8 Å². The van der Waals surface area contributed by atoms with Crippen molar-refractivity contribution in [2.75, 3.05) is 5.32 Å². The fourth-order valence-electron chi connectivity index (χ4n) is 3.29. The van der Waals surface area contributed by atoms with E-state index in [9.17, 15) is 9.90 Å². The largest absolute Gasteiger partial charge is 0.507 e. The van der Waals surface area contributed by atoms with Gasteiger partial charge in [-0.2, -0.15) is 0 Å². The van der Waals surface area contributed by atoms with E-state index in [2.05, 4.69) is 45.1 Å². The number of fused-ring (bicyclic) bond motifs is 1. The summed E-state index contributed by atoms with van der Waals surface area (Å²) < 4.78 is 6.84. The van der Waals surface area contributed by atoms with Gasteiger partial charge in [-0.15, -0.1) is 0 Å². The second kappa shape index (κ2) is 9.25. The van der Waals surface area contributed by atoms with Crippen LogP contribution in [-0.4, -0.2) is 21.1 Å². The van der Waals surface area contributed by atoms with Gasteiger partial charge in [-0.05, 0) is 102 Å². The number of phenols is 1. The number of nitrogens with one attached hydrogen (secondary N) is 2. The number of aromatic nitrogens is 1. The molecule has 0 aliphatic carbocycles. The Morgan fingerprint density at radius 3 is 2.75 bits per heavy atom. The lowest BCUT2D eigenvalue weighted by Crippen LogP contribution is -2.34. The lowest BCUT2D eigenvalue weighted by molar-refractivity contribution is 0.0977. The maximum absolute atomic E-state index is 12.5. The van der Waals surface area contributed by atoms with Crippen molar-refractivity contribution >= 4 is 62.6 Å². The average Bonchev–Trinajstić information content (AvgIpc) is 3.19. The van der Waals surface area contributed by atoms with Crippen molar-refractivity contribution in [3.8, 4) is 17.2 Å². The number of oxazole rings is 1. The number of hydrogen-bond donors (Lipinski definition) is 3. The molecule has 6 nitrogen and oxygen atoms in total. The average molecular weight is 557 g/mol. The predicted molar refractivity (Wildman–Crippen MR) is 138 cm³/mol. The van der Waals surface area contributed by atoms with Crippen LogP contribution in [0.15, 0.2) is 59.0 Å². The van der Waals surface area contributed by atoms with Crippen molar-refractivity contribution < 1.29 is 14.3 Å². The Morgan fingerprint density at radius 1 is 1.19 bits per heavy atom. The number of benzene rings is 3. The Labute approximate surface area is 204 Å². The molecule has 0 aliphatic rings. The Kier molecular flexibility index (Phi) is 6.43. The molecular formula is C24H20IN3O3S. The summed E-state index contributed by atoms with van der Waals surface area (Å²) in [5, 5.41) is 16.5. The number of rotatable bonds is 4. The molecular weight excluding hydrogens is 537 g/mol. The van der Waals surface area contributed by atoms with E-state index in [4.69, 9.17) is 16.6 Å². The minimum absolute atomic E-state index is 0.0756. The summed E-state index contributed by atoms with van der Waals surface area (Å²) in [6.07, 6.45) is 0.896. The zero-order valence-corrected chi connectivity index (χ0v) is 20.4. The summed E-state index contributed by atoms with van der Waals surface area (Å²) in [6, 6.07) is 16.5. The normalized spacial score (nSPS) is 10.8. The molecule has 3 aromatic carbocycles. The first-order chi connectivity index (χ1) is 15.3. The van der Waals surface area contributed by atoms with E-state index in [1.165, 1.54) is 0 Å². The Hall–Kier alpha value is -2.98. The number of amides is 1. The van der Waals surface area contributed by atoms with Crippen LogP contribution in [0.5, 0.6) is 5.75 Å². The molecule has 1 heterocycles. The van der Waals surface area contributed by atoms with Gasteiger partial charge in [-0.25, -0.2) is 4.98 Å². The summed E-state index contributed by atoms with van der Waals surface area (Å²) in [5.41, 5.74) is 4.70. The maximum atomic E-state index is 12.5. The number of phenolic OH excluding ortho intramolecular Hbond substituents is 1. The van der Waals surface area contributed by atoms with Gasteiger partial charge in [0.25, 0.3) is 5.91 Å². The third-order valence-corrected chi connectivity index (χ3v) is 5.84. The van der Waals surface area contributed by atoms with E-state index in [0.29, 0.717) is 33.9 Å². The van der Waals surface area contributed by atoms with Gasteiger partial charge >= 0.3 is 0 Å². The predicted octanol–water partition coefficient (Wildman–Crippen LogP) is 5.80. The smallest absolute Gasteiger partial charge is 0.257 e. The van der Waals surface area contributed by atoms with E-state index in [1.54, 1.807) is 31.2 Å². The van der Waals surface area contributed by atoms with Crippen LogP contribution in [0.3, 0.4) is 0 Å². The van der Waals surface area contributed by atoms with Gasteiger partial charge in [0.1, 0.15) is 11.3 Å². The summed E-state index contributed by atoms with van der Waals surface area (Å²) >= 11 is 7.46. The quantitative estimate of drug-likeness (QED) is 0.167. The van der Waals surface area contributed by atoms with E-state index in [1.807, 2.05) is 30.3 Å². The number of anilines is 1. The number of halogens is 1. The zero-order valence-electron chi connectivity index (χ0n) is 17.4. The molecule has 0 aliphatic heterocycles. The van der Waals surface area contributed by atoms with Crippen LogP contribution in [0.1, 0.15) is 28.4 Å². The lowest BCUT2D eigenvalue weighted by atomic mass is 10.1. The highest BCUT2D eigenvalue weighted by Crippen LogP contribution is 2.36. The highest BCUT2D eigenvalue weighted by Gasteiger charge is 2.17. The van der Waals surface area contributed by atoms with Gasteiger partial charge < -0.3 is 14.8 Å². The molecule has 32 heavy (non-hydrogen) atoms. The maximum Gasteiger partial charge on any atom is 0.257 e. The standard InChI is InChI=1S/C24H20IN3O3S/c1-3-14-7-8-20-19(10-14)27-23(31-20)18-12-17(9-13(2)21(18)29)26-24(32)28-22(30)15-5-4-6-16(25)11-15/h4-12,29H,3H2,1-2H3,(H2,26,28,30,32). The second-order valence-corrected chi connectivity index (χ2v) is 8.94. The van der Waals surface area contributed by atoms with Crippen molar-refractivity contribution in [3.05, 3.63) is 74.9 Å². The fraction of sp³-hybridized carbons (Fsp3) is 0.125. The molecule has 0 unspecified atom stereocenters. The molecule has 1 amide bonds. The molecule has 3 N–H and O–H groups in total. The molecule has 4 rings (SSSR count). The van der Waals surface area contributed by atoms with E-state index in [0.717, 1.165) is 21.1 Å². The van der Waals surface area contributed by atoms with Gasteiger partial charge in [0.15, 0.2) is 10.7 Å². The van der Waals surface area contributed by atoms with E-state index >= 15 is 0 Å². The van der Waals surface area contributed by atoms with Crippen LogP contribution in [0.25, 0.3) is 22.6 Å². The van der Waals surface area contributed by atoms with Crippen LogP contribution in [0.2, 0.25) is 0 Å². The highest BCUT2D eigenvalue weighted by atomic mass is 127. The minimum Gasteiger partial charge on any atom is -0.507 e. The Bertz CT molecular complexity index is 1350. The number of hydrogen-bond acceptors (Lipinski definition) is 5. The number of carbonyl (C=O) groups is 1. The monoisotopic (exact) mass is 557 g/mol. The lowest BCUT2D eigenvalue weighted by Gasteiger charge is -2.12. The fourth-order valence-corrected chi connectivity index (χ4v) is 4.04. The molecule has 4 aromatic rings. The molecule has 8 heteroatoms. The summed E-state index contributed by atoms with van der Waals surface area (Å²) in [7, 11) is 0. The van der Waals surface area contributed by atoms with Crippen LogP contribution in [0.4, 0.5) is 5.69 Å². The molecule has 0 bridgehead atoms. The van der Waals surface area contributed by atoms with Crippen molar-refractivity contribution in [1.29, 1.82) is 0 Å². The SMILES string of the molecule is CCc1ccc2oc(-c3cc(NC(=S)NC(=O)c4cccc(I)c4)cc(C)c3O)nc2c1. The first-order valence-electron chi connectivity index (χ1n) is 9.95. The first-order valence-corrected chi connectivity index (χ1v) is 11.4. The summed E-state index contributed by atoms with van der Waals surface area (Å²) in [4.78, 5) is 17.0. The van der Waals surface area contributed by atoms with Crippen LogP contribution < -0.4 is 10.6 Å². The molecule has 0 spiro atoms. The number of nitrogens with zero attached hydrogens (tertiary/aromatic N) is 1. The number of aromatic hydroxyl groups is 1.